The SMILES string of the molecule is CCC(I)C1CCC(OC(=O)OC2CCC(C(I)CC)CC2)CC1. The number of alkyl halides is 2. The first-order valence-corrected chi connectivity index (χ1v) is 12.2. The summed E-state index contributed by atoms with van der Waals surface area (Å²) in [6.45, 7) is 4.51. The summed E-state index contributed by atoms with van der Waals surface area (Å²) in [5, 5.41) is 0. The highest BCUT2D eigenvalue weighted by Gasteiger charge is 2.30. The number of halogens is 2. The Morgan fingerprint density at radius 1 is 0.792 bits per heavy atom. The molecule has 2 atom stereocenters. The number of rotatable bonds is 6. The molecule has 0 N–H and O–H groups in total. The maximum absolute atomic E-state index is 12.1. The number of hydrogen-bond donors (Lipinski definition) is 0. The standard InChI is InChI=1S/C19H32I2O3/c1-3-17(20)13-5-9-15(10-6-13)23-19(22)24-16-11-7-14(8-12-16)18(21)4-2/h13-18H,3-12H2,1-2H3. The van der Waals surface area contributed by atoms with Gasteiger partial charge in [0, 0.05) is 7.85 Å². The predicted molar refractivity (Wildman–Crippen MR) is 115 cm³/mol. The Morgan fingerprint density at radius 2 is 1.12 bits per heavy atom. The van der Waals surface area contributed by atoms with Gasteiger partial charge in [0.05, 0.1) is 0 Å². The van der Waals surface area contributed by atoms with Crippen LogP contribution in [-0.2, 0) is 9.47 Å². The minimum absolute atomic E-state index is 0.0735. The smallest absolute Gasteiger partial charge is 0.431 e. The Morgan fingerprint density at radius 3 is 1.42 bits per heavy atom. The van der Waals surface area contributed by atoms with Gasteiger partial charge in [0.25, 0.3) is 0 Å². The van der Waals surface area contributed by atoms with E-state index in [4.69, 9.17) is 9.47 Å². The molecule has 0 aromatic rings. The van der Waals surface area contributed by atoms with Crippen LogP contribution < -0.4 is 0 Å². The van der Waals surface area contributed by atoms with Gasteiger partial charge in [-0.25, -0.2) is 4.79 Å². The second-order valence-corrected chi connectivity index (χ2v) is 10.6. The van der Waals surface area contributed by atoms with Crippen molar-refractivity contribution in [3.05, 3.63) is 0 Å². The van der Waals surface area contributed by atoms with Gasteiger partial charge in [0.2, 0.25) is 0 Å². The third-order valence-electron chi connectivity index (χ3n) is 5.77. The molecule has 140 valence electrons. The van der Waals surface area contributed by atoms with Crippen LogP contribution in [0, 0.1) is 11.8 Å². The summed E-state index contributed by atoms with van der Waals surface area (Å²) >= 11 is 5.14. The van der Waals surface area contributed by atoms with Crippen molar-refractivity contribution >= 4 is 51.3 Å². The zero-order valence-electron chi connectivity index (χ0n) is 15.0. The quantitative estimate of drug-likeness (QED) is 0.206. The molecule has 0 heterocycles. The number of carbonyl (C=O) groups is 1. The van der Waals surface area contributed by atoms with E-state index in [9.17, 15) is 4.79 Å². The van der Waals surface area contributed by atoms with E-state index in [1.807, 2.05) is 0 Å². The molecule has 0 radical (unpaired) electrons. The highest BCUT2D eigenvalue weighted by Crippen LogP contribution is 2.35. The van der Waals surface area contributed by atoms with E-state index in [-0.39, 0.29) is 12.2 Å². The lowest BCUT2D eigenvalue weighted by Crippen LogP contribution is -2.31. The molecule has 2 rings (SSSR count). The molecule has 2 aliphatic carbocycles. The first-order valence-electron chi connectivity index (χ1n) is 9.68. The maximum atomic E-state index is 12.1. The minimum atomic E-state index is -0.426. The minimum Gasteiger partial charge on any atom is -0.431 e. The van der Waals surface area contributed by atoms with Crippen molar-refractivity contribution in [2.75, 3.05) is 0 Å². The van der Waals surface area contributed by atoms with Gasteiger partial charge in [-0.05, 0) is 76.0 Å². The molecule has 0 aromatic heterocycles. The number of hydrogen-bond acceptors (Lipinski definition) is 3. The van der Waals surface area contributed by atoms with E-state index in [2.05, 4.69) is 59.0 Å². The molecule has 0 amide bonds. The molecule has 5 heteroatoms. The molecular formula is C19H32I2O3. The summed E-state index contributed by atoms with van der Waals surface area (Å²) in [6, 6.07) is 0. The van der Waals surface area contributed by atoms with Crippen LogP contribution in [0.3, 0.4) is 0 Å². The van der Waals surface area contributed by atoms with Gasteiger partial charge in [0.1, 0.15) is 12.2 Å². The van der Waals surface area contributed by atoms with Crippen LogP contribution in [0.1, 0.15) is 78.1 Å². The van der Waals surface area contributed by atoms with Gasteiger partial charge in [-0.2, -0.15) is 0 Å². The van der Waals surface area contributed by atoms with Crippen molar-refractivity contribution in [3.63, 3.8) is 0 Å². The van der Waals surface area contributed by atoms with Crippen LogP contribution in [-0.4, -0.2) is 26.2 Å². The third-order valence-corrected chi connectivity index (χ3v) is 9.56. The summed E-state index contributed by atoms with van der Waals surface area (Å²) in [5.74, 6) is 1.59. The first kappa shape index (κ1) is 21.0. The molecule has 0 aromatic carbocycles. The molecule has 0 aliphatic heterocycles. The van der Waals surface area contributed by atoms with Gasteiger partial charge in [-0.15, -0.1) is 0 Å². The van der Waals surface area contributed by atoms with Crippen LogP contribution in [0.4, 0.5) is 4.79 Å². The van der Waals surface area contributed by atoms with Crippen molar-refractivity contribution in [1.29, 1.82) is 0 Å². The fourth-order valence-electron chi connectivity index (χ4n) is 4.10. The lowest BCUT2D eigenvalue weighted by molar-refractivity contribution is -0.0256. The van der Waals surface area contributed by atoms with Crippen LogP contribution >= 0.6 is 45.2 Å². The largest absolute Gasteiger partial charge is 0.508 e. The van der Waals surface area contributed by atoms with Gasteiger partial charge in [-0.1, -0.05) is 59.0 Å². The second-order valence-electron chi connectivity index (χ2n) is 7.41. The van der Waals surface area contributed by atoms with Crippen LogP contribution in [0.25, 0.3) is 0 Å². The average molecular weight is 562 g/mol. The number of carbonyl (C=O) groups excluding carboxylic acids is 1. The Labute approximate surface area is 174 Å². The van der Waals surface area contributed by atoms with E-state index in [0.29, 0.717) is 0 Å². The Hall–Kier alpha value is 0.730. The third kappa shape index (κ3) is 6.47. The monoisotopic (exact) mass is 562 g/mol. The molecule has 3 nitrogen and oxygen atoms in total. The molecule has 0 bridgehead atoms. The van der Waals surface area contributed by atoms with Gasteiger partial charge < -0.3 is 9.47 Å². The van der Waals surface area contributed by atoms with E-state index in [1.165, 1.54) is 38.5 Å². The van der Waals surface area contributed by atoms with Crippen molar-refractivity contribution in [1.82, 2.24) is 0 Å². The summed E-state index contributed by atoms with van der Waals surface area (Å²) in [7, 11) is 0. The van der Waals surface area contributed by atoms with Gasteiger partial charge in [0.15, 0.2) is 0 Å². The van der Waals surface area contributed by atoms with E-state index < -0.39 is 6.16 Å². The van der Waals surface area contributed by atoms with Gasteiger partial charge in [-0.3, -0.25) is 0 Å². The van der Waals surface area contributed by atoms with E-state index in [1.54, 1.807) is 0 Å². The zero-order valence-corrected chi connectivity index (χ0v) is 19.3. The Balaban J connectivity index is 1.64. The predicted octanol–water partition coefficient (Wildman–Crippen LogP) is 6.68. The molecule has 24 heavy (non-hydrogen) atoms. The van der Waals surface area contributed by atoms with E-state index >= 15 is 0 Å². The molecule has 0 spiro atoms. The summed E-state index contributed by atoms with van der Waals surface area (Å²) in [4.78, 5) is 12.1. The van der Waals surface area contributed by atoms with Crippen molar-refractivity contribution in [3.8, 4) is 0 Å². The molecule has 2 fully saturated rings. The molecule has 2 unspecified atom stereocenters. The van der Waals surface area contributed by atoms with Crippen LogP contribution in [0.15, 0.2) is 0 Å². The van der Waals surface area contributed by atoms with Crippen LogP contribution in [0.5, 0.6) is 0 Å². The first-order chi connectivity index (χ1) is 11.5. The molecular weight excluding hydrogens is 530 g/mol. The topological polar surface area (TPSA) is 35.5 Å². The fourth-order valence-corrected chi connectivity index (χ4v) is 5.54. The highest BCUT2D eigenvalue weighted by molar-refractivity contribution is 14.1. The normalized spacial score (nSPS) is 33.5. The Kier molecular flexibility index (Phi) is 9.44. The average Bonchev–Trinajstić information content (AvgIpc) is 2.61. The summed E-state index contributed by atoms with van der Waals surface area (Å²) in [5.41, 5.74) is 0. The van der Waals surface area contributed by atoms with Crippen LogP contribution in [0.2, 0.25) is 0 Å². The second kappa shape index (κ2) is 10.8. The Bertz CT molecular complexity index is 341. The molecule has 2 aliphatic rings. The van der Waals surface area contributed by atoms with Crippen molar-refractivity contribution < 1.29 is 14.3 Å². The maximum Gasteiger partial charge on any atom is 0.508 e. The number of ether oxygens (including phenoxy) is 2. The lowest BCUT2D eigenvalue weighted by Gasteiger charge is -2.32. The fraction of sp³-hybridized carbons (Fsp3) is 0.947. The molecule has 2 saturated carbocycles. The van der Waals surface area contributed by atoms with Crippen molar-refractivity contribution in [2.45, 2.75) is 98.1 Å². The summed E-state index contributed by atoms with van der Waals surface area (Å²) in [6.07, 6.45) is 10.9. The highest BCUT2D eigenvalue weighted by atomic mass is 127. The van der Waals surface area contributed by atoms with Crippen molar-refractivity contribution in [2.24, 2.45) is 11.8 Å². The summed E-state index contributed by atoms with van der Waals surface area (Å²) < 4.78 is 12.7. The van der Waals surface area contributed by atoms with Gasteiger partial charge >= 0.3 is 6.16 Å². The van der Waals surface area contributed by atoms with E-state index in [0.717, 1.165) is 45.4 Å². The lowest BCUT2D eigenvalue weighted by atomic mass is 9.84. The molecule has 0 saturated heterocycles. The zero-order chi connectivity index (χ0) is 17.5.